The van der Waals surface area contributed by atoms with Gasteiger partial charge in [0.15, 0.2) is 0 Å². The third-order valence-corrected chi connectivity index (χ3v) is 3.37. The Kier molecular flexibility index (Phi) is 3.49. The zero-order valence-corrected chi connectivity index (χ0v) is 10.4. The molecule has 1 aliphatic heterocycles. The van der Waals surface area contributed by atoms with Crippen LogP contribution in [0.5, 0.6) is 5.75 Å². The Morgan fingerprint density at radius 2 is 1.88 bits per heavy atom. The van der Waals surface area contributed by atoms with Crippen molar-refractivity contribution in [2.24, 2.45) is 11.8 Å². The molecule has 0 aromatic heterocycles. The quantitative estimate of drug-likeness (QED) is 0.843. The Balaban J connectivity index is 2.01. The number of rotatable bonds is 3. The zero-order chi connectivity index (χ0) is 11.5. The van der Waals surface area contributed by atoms with Gasteiger partial charge in [0.05, 0.1) is 0 Å². The molecule has 88 valence electrons. The lowest BCUT2D eigenvalue weighted by Gasteiger charge is -2.23. The number of ether oxygens (including phenoxy) is 1. The molecule has 1 aromatic rings. The van der Waals surface area contributed by atoms with Crippen LogP contribution in [0.15, 0.2) is 24.3 Å². The van der Waals surface area contributed by atoms with Crippen LogP contribution in [0.1, 0.15) is 19.4 Å². The Morgan fingerprint density at radius 3 is 2.50 bits per heavy atom. The standard InChI is InChI=1S/C14H21NO/c1-10(2)13-8-15-9-14(13)16-12-6-4-11(3)5-7-12/h4-7,10,13-15H,8-9H2,1-3H3. The monoisotopic (exact) mass is 219 g/mol. The minimum Gasteiger partial charge on any atom is -0.489 e. The van der Waals surface area contributed by atoms with Crippen molar-refractivity contribution in [2.75, 3.05) is 13.1 Å². The van der Waals surface area contributed by atoms with Crippen molar-refractivity contribution in [1.82, 2.24) is 5.32 Å². The number of hydrogen-bond acceptors (Lipinski definition) is 2. The van der Waals surface area contributed by atoms with E-state index in [-0.39, 0.29) is 0 Å². The zero-order valence-electron chi connectivity index (χ0n) is 10.4. The van der Waals surface area contributed by atoms with Gasteiger partial charge in [-0.2, -0.15) is 0 Å². The van der Waals surface area contributed by atoms with Gasteiger partial charge >= 0.3 is 0 Å². The van der Waals surface area contributed by atoms with Crippen LogP contribution in [0.4, 0.5) is 0 Å². The normalized spacial score (nSPS) is 25.0. The lowest BCUT2D eigenvalue weighted by molar-refractivity contribution is 0.147. The Labute approximate surface area is 98.0 Å². The number of aryl methyl sites for hydroxylation is 1. The largest absolute Gasteiger partial charge is 0.489 e. The van der Waals surface area contributed by atoms with Gasteiger partial charge in [0.2, 0.25) is 0 Å². The summed E-state index contributed by atoms with van der Waals surface area (Å²) in [5.41, 5.74) is 1.28. The molecule has 16 heavy (non-hydrogen) atoms. The highest BCUT2D eigenvalue weighted by Gasteiger charge is 2.30. The van der Waals surface area contributed by atoms with Gasteiger partial charge in [-0.25, -0.2) is 0 Å². The molecule has 2 heteroatoms. The maximum atomic E-state index is 6.04. The molecule has 0 radical (unpaired) electrons. The summed E-state index contributed by atoms with van der Waals surface area (Å²) in [4.78, 5) is 0. The molecule has 0 aliphatic carbocycles. The first-order chi connectivity index (χ1) is 7.66. The maximum absolute atomic E-state index is 6.04. The predicted molar refractivity (Wildman–Crippen MR) is 66.8 cm³/mol. The highest BCUT2D eigenvalue weighted by atomic mass is 16.5. The molecule has 0 amide bonds. The van der Waals surface area contributed by atoms with Crippen LogP contribution in [0.25, 0.3) is 0 Å². The summed E-state index contributed by atoms with van der Waals surface area (Å²) in [6.07, 6.45) is 0.322. The first-order valence-electron chi connectivity index (χ1n) is 6.11. The number of hydrogen-bond donors (Lipinski definition) is 1. The summed E-state index contributed by atoms with van der Waals surface area (Å²) in [7, 11) is 0. The average molecular weight is 219 g/mol. The summed E-state index contributed by atoms with van der Waals surface area (Å²) in [6, 6.07) is 8.32. The van der Waals surface area contributed by atoms with Crippen LogP contribution in [0.3, 0.4) is 0 Å². The van der Waals surface area contributed by atoms with Gasteiger partial charge < -0.3 is 10.1 Å². The fourth-order valence-electron chi connectivity index (χ4n) is 2.26. The van der Waals surface area contributed by atoms with E-state index in [1.54, 1.807) is 0 Å². The van der Waals surface area contributed by atoms with Gasteiger partial charge in [-0.05, 0) is 25.0 Å². The molecule has 1 N–H and O–H groups in total. The first-order valence-corrected chi connectivity index (χ1v) is 6.11. The van der Waals surface area contributed by atoms with Crippen molar-refractivity contribution in [3.05, 3.63) is 29.8 Å². The summed E-state index contributed by atoms with van der Waals surface area (Å²) < 4.78 is 6.04. The second-order valence-electron chi connectivity index (χ2n) is 5.04. The molecule has 1 fully saturated rings. The fourth-order valence-corrected chi connectivity index (χ4v) is 2.26. The van der Waals surface area contributed by atoms with E-state index < -0.39 is 0 Å². The van der Waals surface area contributed by atoms with Crippen molar-refractivity contribution in [2.45, 2.75) is 26.9 Å². The van der Waals surface area contributed by atoms with Crippen molar-refractivity contribution >= 4 is 0 Å². The molecule has 2 rings (SSSR count). The summed E-state index contributed by atoms with van der Waals surface area (Å²) in [5, 5.41) is 3.41. The molecule has 0 bridgehead atoms. The van der Waals surface area contributed by atoms with Crippen LogP contribution in [0.2, 0.25) is 0 Å². The molecule has 1 saturated heterocycles. The van der Waals surface area contributed by atoms with Gasteiger partial charge in [0.1, 0.15) is 11.9 Å². The molecule has 0 spiro atoms. The van der Waals surface area contributed by atoms with E-state index in [2.05, 4.69) is 50.4 Å². The van der Waals surface area contributed by atoms with Gasteiger partial charge in [0.25, 0.3) is 0 Å². The van der Waals surface area contributed by atoms with Crippen molar-refractivity contribution in [1.29, 1.82) is 0 Å². The van der Waals surface area contributed by atoms with Crippen molar-refractivity contribution in [3.63, 3.8) is 0 Å². The highest BCUT2D eigenvalue weighted by Crippen LogP contribution is 2.24. The second kappa shape index (κ2) is 4.88. The minimum absolute atomic E-state index is 0.322. The van der Waals surface area contributed by atoms with E-state index in [0.717, 1.165) is 18.8 Å². The molecule has 1 aliphatic rings. The molecule has 1 heterocycles. The smallest absolute Gasteiger partial charge is 0.119 e. The minimum atomic E-state index is 0.322. The fraction of sp³-hybridized carbons (Fsp3) is 0.571. The van der Waals surface area contributed by atoms with E-state index in [1.165, 1.54) is 5.56 Å². The van der Waals surface area contributed by atoms with E-state index in [0.29, 0.717) is 17.9 Å². The van der Waals surface area contributed by atoms with E-state index >= 15 is 0 Å². The number of benzene rings is 1. The van der Waals surface area contributed by atoms with E-state index in [1.807, 2.05) is 0 Å². The van der Waals surface area contributed by atoms with Crippen LogP contribution in [-0.4, -0.2) is 19.2 Å². The average Bonchev–Trinajstić information content (AvgIpc) is 2.69. The lowest BCUT2D eigenvalue weighted by Crippen LogP contribution is -2.29. The molecule has 2 nitrogen and oxygen atoms in total. The molecule has 2 atom stereocenters. The Bertz CT molecular complexity index is 331. The topological polar surface area (TPSA) is 21.3 Å². The molecule has 2 unspecified atom stereocenters. The van der Waals surface area contributed by atoms with Gasteiger partial charge in [-0.3, -0.25) is 0 Å². The molecular weight excluding hydrogens is 198 g/mol. The maximum Gasteiger partial charge on any atom is 0.119 e. The van der Waals surface area contributed by atoms with Crippen LogP contribution in [0, 0.1) is 18.8 Å². The highest BCUT2D eigenvalue weighted by molar-refractivity contribution is 5.26. The van der Waals surface area contributed by atoms with E-state index in [4.69, 9.17) is 4.74 Å². The van der Waals surface area contributed by atoms with Crippen LogP contribution < -0.4 is 10.1 Å². The molecule has 1 aromatic carbocycles. The van der Waals surface area contributed by atoms with Gasteiger partial charge in [-0.1, -0.05) is 31.5 Å². The van der Waals surface area contributed by atoms with Crippen LogP contribution >= 0.6 is 0 Å². The first kappa shape index (κ1) is 11.5. The summed E-state index contributed by atoms with van der Waals surface area (Å²) >= 11 is 0. The number of nitrogens with one attached hydrogen (secondary N) is 1. The SMILES string of the molecule is Cc1ccc(OC2CNCC2C(C)C)cc1. The van der Waals surface area contributed by atoms with E-state index in [9.17, 15) is 0 Å². The third-order valence-electron chi connectivity index (χ3n) is 3.37. The van der Waals surface area contributed by atoms with Crippen LogP contribution in [-0.2, 0) is 0 Å². The Hall–Kier alpha value is -1.02. The second-order valence-corrected chi connectivity index (χ2v) is 5.04. The van der Waals surface area contributed by atoms with Crippen molar-refractivity contribution in [3.8, 4) is 5.75 Å². The van der Waals surface area contributed by atoms with Crippen molar-refractivity contribution < 1.29 is 4.74 Å². The van der Waals surface area contributed by atoms with Gasteiger partial charge in [0, 0.05) is 19.0 Å². The Morgan fingerprint density at radius 1 is 1.19 bits per heavy atom. The molecular formula is C14H21NO. The predicted octanol–water partition coefficient (Wildman–Crippen LogP) is 2.62. The third kappa shape index (κ3) is 2.56. The summed E-state index contributed by atoms with van der Waals surface area (Å²) in [5.74, 6) is 2.29. The summed E-state index contributed by atoms with van der Waals surface area (Å²) in [6.45, 7) is 8.68. The lowest BCUT2D eigenvalue weighted by atomic mass is 9.93. The molecule has 0 saturated carbocycles. The van der Waals surface area contributed by atoms with Gasteiger partial charge in [-0.15, -0.1) is 0 Å².